The quantitative estimate of drug-likeness (QED) is 0.764. The van der Waals surface area contributed by atoms with E-state index in [2.05, 4.69) is 5.16 Å². The van der Waals surface area contributed by atoms with Gasteiger partial charge in [-0.3, -0.25) is 0 Å². The maximum Gasteiger partial charge on any atom is 0.358 e. The van der Waals surface area contributed by atoms with E-state index in [9.17, 15) is 4.79 Å². The highest BCUT2D eigenvalue weighted by Gasteiger charge is 2.14. The van der Waals surface area contributed by atoms with Crippen molar-refractivity contribution in [2.45, 2.75) is 6.92 Å². The van der Waals surface area contributed by atoms with Gasteiger partial charge in [0, 0.05) is 10.8 Å². The molecule has 3 aromatic rings. The summed E-state index contributed by atoms with van der Waals surface area (Å²) in [6.07, 6.45) is 0. The zero-order valence-electron chi connectivity index (χ0n) is 9.51. The summed E-state index contributed by atoms with van der Waals surface area (Å²) in [6, 6.07) is 9.53. The fourth-order valence-corrected chi connectivity index (χ4v) is 2.91. The minimum absolute atomic E-state index is 0.0702. The number of thiophene rings is 1. The summed E-state index contributed by atoms with van der Waals surface area (Å²) in [7, 11) is 0. The normalized spacial score (nSPS) is 10.9. The Morgan fingerprint density at radius 3 is 2.89 bits per heavy atom. The predicted octanol–water partition coefficient (Wildman–Crippen LogP) is 3.56. The maximum absolute atomic E-state index is 10.8. The van der Waals surface area contributed by atoms with E-state index >= 15 is 0 Å². The van der Waals surface area contributed by atoms with Crippen LogP contribution in [0.25, 0.3) is 20.7 Å². The van der Waals surface area contributed by atoms with Crippen LogP contribution in [-0.4, -0.2) is 16.2 Å². The van der Waals surface area contributed by atoms with E-state index in [-0.39, 0.29) is 5.69 Å². The molecular formula is C13H9NO3S. The molecule has 5 heteroatoms. The third kappa shape index (κ3) is 1.69. The first kappa shape index (κ1) is 11.0. The monoisotopic (exact) mass is 259 g/mol. The van der Waals surface area contributed by atoms with Gasteiger partial charge >= 0.3 is 5.97 Å². The van der Waals surface area contributed by atoms with Gasteiger partial charge in [0.15, 0.2) is 11.5 Å². The lowest BCUT2D eigenvalue weighted by Gasteiger charge is -1.91. The average molecular weight is 259 g/mol. The molecular weight excluding hydrogens is 250 g/mol. The molecule has 0 amide bonds. The standard InChI is InChI=1S/C13H9NO3S/c1-7-3-2-4-11-8(7)5-12(18-11)10-6-9(13(15)16)14-17-10/h2-6H,1H3,(H,15,16). The zero-order valence-corrected chi connectivity index (χ0v) is 10.3. The Hall–Kier alpha value is -2.14. The molecule has 1 N–H and O–H groups in total. The minimum Gasteiger partial charge on any atom is -0.476 e. The minimum atomic E-state index is -1.08. The topological polar surface area (TPSA) is 63.3 Å². The van der Waals surface area contributed by atoms with Gasteiger partial charge in [-0.2, -0.15) is 0 Å². The smallest absolute Gasteiger partial charge is 0.358 e. The molecule has 0 radical (unpaired) electrons. The molecule has 2 aromatic heterocycles. The Morgan fingerprint density at radius 2 is 2.22 bits per heavy atom. The number of carboxylic acids is 1. The molecule has 0 spiro atoms. The van der Waals surface area contributed by atoms with Gasteiger partial charge in [0.2, 0.25) is 0 Å². The number of benzene rings is 1. The van der Waals surface area contributed by atoms with Gasteiger partial charge in [-0.1, -0.05) is 17.3 Å². The second-order valence-electron chi connectivity index (χ2n) is 3.98. The third-order valence-corrected chi connectivity index (χ3v) is 3.87. The number of nitrogens with zero attached hydrogens (tertiary/aromatic N) is 1. The van der Waals surface area contributed by atoms with E-state index in [4.69, 9.17) is 9.63 Å². The number of fused-ring (bicyclic) bond motifs is 1. The number of carboxylic acid groups (broad SMARTS) is 1. The summed E-state index contributed by atoms with van der Waals surface area (Å²) >= 11 is 1.56. The maximum atomic E-state index is 10.8. The molecule has 1 aromatic carbocycles. The molecule has 2 heterocycles. The lowest BCUT2D eigenvalue weighted by molar-refractivity contribution is 0.0686. The Labute approximate surface area is 106 Å². The van der Waals surface area contributed by atoms with Gasteiger partial charge in [-0.05, 0) is 30.0 Å². The van der Waals surface area contributed by atoms with Gasteiger partial charge in [-0.25, -0.2) is 4.79 Å². The second-order valence-corrected chi connectivity index (χ2v) is 5.06. The molecule has 3 rings (SSSR count). The van der Waals surface area contributed by atoms with Crippen molar-refractivity contribution in [2.24, 2.45) is 0 Å². The van der Waals surface area contributed by atoms with E-state index in [0.29, 0.717) is 5.76 Å². The van der Waals surface area contributed by atoms with E-state index in [1.165, 1.54) is 11.6 Å². The van der Waals surface area contributed by atoms with Crippen molar-refractivity contribution >= 4 is 27.4 Å². The fraction of sp³-hybridized carbons (Fsp3) is 0.0769. The highest BCUT2D eigenvalue weighted by atomic mass is 32.1. The summed E-state index contributed by atoms with van der Waals surface area (Å²) in [6.45, 7) is 2.04. The first-order valence-electron chi connectivity index (χ1n) is 5.35. The van der Waals surface area contributed by atoms with Crippen molar-refractivity contribution in [1.82, 2.24) is 5.16 Å². The Bertz CT molecular complexity index is 742. The SMILES string of the molecule is Cc1cccc2sc(-c3cc(C(=O)O)no3)cc12. The lowest BCUT2D eigenvalue weighted by Crippen LogP contribution is -1.94. The number of rotatable bonds is 2. The van der Waals surface area contributed by atoms with Gasteiger partial charge in [0.1, 0.15) is 0 Å². The first-order valence-corrected chi connectivity index (χ1v) is 6.16. The molecule has 90 valence electrons. The summed E-state index contributed by atoms with van der Waals surface area (Å²) < 4.78 is 6.21. The number of aromatic carboxylic acids is 1. The summed E-state index contributed by atoms with van der Waals surface area (Å²) in [5, 5.41) is 13.5. The molecule has 0 fully saturated rings. The van der Waals surface area contributed by atoms with Crippen molar-refractivity contribution < 1.29 is 14.4 Å². The fourth-order valence-electron chi connectivity index (χ4n) is 1.82. The molecule has 0 bridgehead atoms. The summed E-state index contributed by atoms with van der Waals surface area (Å²) in [4.78, 5) is 11.6. The van der Waals surface area contributed by atoms with Crippen LogP contribution >= 0.6 is 11.3 Å². The van der Waals surface area contributed by atoms with Crippen LogP contribution < -0.4 is 0 Å². The van der Waals surface area contributed by atoms with Crippen LogP contribution in [0, 0.1) is 6.92 Å². The highest BCUT2D eigenvalue weighted by Crippen LogP contribution is 2.35. The lowest BCUT2D eigenvalue weighted by atomic mass is 10.1. The number of carbonyl (C=O) groups is 1. The summed E-state index contributed by atoms with van der Waals surface area (Å²) in [5.41, 5.74) is 1.12. The van der Waals surface area contributed by atoms with E-state index in [1.54, 1.807) is 11.3 Å². The van der Waals surface area contributed by atoms with Crippen molar-refractivity contribution in [3.8, 4) is 10.6 Å². The van der Waals surface area contributed by atoms with Crippen molar-refractivity contribution in [3.05, 3.63) is 41.6 Å². The Morgan fingerprint density at radius 1 is 1.39 bits per heavy atom. The van der Waals surface area contributed by atoms with Crippen molar-refractivity contribution in [2.75, 3.05) is 0 Å². The number of aromatic nitrogens is 1. The van der Waals surface area contributed by atoms with Crippen LogP contribution in [0.1, 0.15) is 16.1 Å². The van der Waals surface area contributed by atoms with Crippen LogP contribution in [0.2, 0.25) is 0 Å². The Kier molecular flexibility index (Phi) is 2.41. The molecule has 0 unspecified atom stereocenters. The molecule has 0 aliphatic heterocycles. The van der Waals surface area contributed by atoms with Crippen LogP contribution in [0.5, 0.6) is 0 Å². The summed E-state index contributed by atoms with van der Waals surface area (Å²) in [5.74, 6) is -0.588. The van der Waals surface area contributed by atoms with Crippen LogP contribution in [0.4, 0.5) is 0 Å². The van der Waals surface area contributed by atoms with Crippen molar-refractivity contribution in [3.63, 3.8) is 0 Å². The van der Waals surface area contributed by atoms with Gasteiger partial charge in [0.25, 0.3) is 0 Å². The van der Waals surface area contributed by atoms with Crippen molar-refractivity contribution in [1.29, 1.82) is 0 Å². The number of hydrogen-bond acceptors (Lipinski definition) is 4. The van der Waals surface area contributed by atoms with E-state index in [1.807, 2.05) is 31.2 Å². The number of aryl methyl sites for hydroxylation is 1. The van der Waals surface area contributed by atoms with Gasteiger partial charge in [-0.15, -0.1) is 11.3 Å². The predicted molar refractivity (Wildman–Crippen MR) is 69.0 cm³/mol. The van der Waals surface area contributed by atoms with E-state index in [0.717, 1.165) is 15.0 Å². The van der Waals surface area contributed by atoms with Crippen LogP contribution in [0.3, 0.4) is 0 Å². The molecule has 0 atom stereocenters. The molecule has 0 aliphatic carbocycles. The largest absolute Gasteiger partial charge is 0.476 e. The van der Waals surface area contributed by atoms with Crippen LogP contribution in [0.15, 0.2) is 34.9 Å². The average Bonchev–Trinajstić information content (AvgIpc) is 2.95. The third-order valence-electron chi connectivity index (χ3n) is 2.75. The highest BCUT2D eigenvalue weighted by molar-refractivity contribution is 7.22. The zero-order chi connectivity index (χ0) is 12.7. The molecule has 0 saturated heterocycles. The molecule has 0 saturated carbocycles. The first-order chi connectivity index (χ1) is 8.65. The second kappa shape index (κ2) is 3.96. The molecule has 4 nitrogen and oxygen atoms in total. The Balaban J connectivity index is 2.13. The van der Waals surface area contributed by atoms with Crippen LogP contribution in [-0.2, 0) is 0 Å². The van der Waals surface area contributed by atoms with Gasteiger partial charge in [0.05, 0.1) is 4.88 Å². The van der Waals surface area contributed by atoms with E-state index < -0.39 is 5.97 Å². The molecule has 0 aliphatic rings. The van der Waals surface area contributed by atoms with Gasteiger partial charge < -0.3 is 9.63 Å². The molecule has 18 heavy (non-hydrogen) atoms. The number of hydrogen-bond donors (Lipinski definition) is 1.